The summed E-state index contributed by atoms with van der Waals surface area (Å²) in [4.78, 5) is 2.37. The second kappa shape index (κ2) is 5.39. The number of hydrogen-bond acceptors (Lipinski definition) is 3. The quantitative estimate of drug-likeness (QED) is 0.675. The Hall–Kier alpha value is -0.330. The molecule has 1 saturated heterocycles. The van der Waals surface area contributed by atoms with E-state index in [-0.39, 0.29) is 11.1 Å². The molecule has 2 aliphatic heterocycles. The lowest BCUT2D eigenvalue weighted by atomic mass is 9.85. The molecule has 21 heavy (non-hydrogen) atoms. The molecule has 3 nitrogen and oxygen atoms in total. The Labute approximate surface area is 141 Å². The zero-order valence-electron chi connectivity index (χ0n) is 13.4. The van der Waals surface area contributed by atoms with E-state index in [0.717, 1.165) is 38.2 Å². The third-order valence-electron chi connectivity index (χ3n) is 4.68. The highest BCUT2D eigenvalue weighted by molar-refractivity contribution is 14.1. The molecule has 0 radical (unpaired) electrons. The SMILES string of the molecule is CN1CCC2(CC1)NCc1cc(C(C)(C)C)cc(I)c1O2. The van der Waals surface area contributed by atoms with Crippen molar-refractivity contribution in [2.75, 3.05) is 20.1 Å². The van der Waals surface area contributed by atoms with E-state index in [2.05, 4.69) is 72.8 Å². The second-order valence-corrected chi connectivity index (χ2v) is 8.61. The van der Waals surface area contributed by atoms with Crippen LogP contribution in [0.3, 0.4) is 0 Å². The normalized spacial score (nSPS) is 22.0. The molecule has 2 aliphatic rings. The molecule has 0 aliphatic carbocycles. The summed E-state index contributed by atoms with van der Waals surface area (Å²) in [6, 6.07) is 4.60. The molecule has 1 aromatic carbocycles. The number of halogens is 1. The molecule has 1 spiro atoms. The summed E-state index contributed by atoms with van der Waals surface area (Å²) in [6.45, 7) is 9.90. The van der Waals surface area contributed by atoms with Crippen LogP contribution in [0.4, 0.5) is 0 Å². The summed E-state index contributed by atoms with van der Waals surface area (Å²) in [7, 11) is 2.18. The van der Waals surface area contributed by atoms with Crippen LogP contribution >= 0.6 is 22.6 Å². The van der Waals surface area contributed by atoms with Gasteiger partial charge < -0.3 is 9.64 Å². The number of benzene rings is 1. The number of ether oxygens (including phenoxy) is 1. The summed E-state index contributed by atoms with van der Waals surface area (Å²) in [6.07, 6.45) is 2.11. The van der Waals surface area contributed by atoms with Gasteiger partial charge in [-0.1, -0.05) is 26.8 Å². The van der Waals surface area contributed by atoms with Gasteiger partial charge >= 0.3 is 0 Å². The van der Waals surface area contributed by atoms with Gasteiger partial charge in [-0.15, -0.1) is 0 Å². The van der Waals surface area contributed by atoms with Crippen LogP contribution in [0.2, 0.25) is 0 Å². The molecule has 0 saturated carbocycles. The Morgan fingerprint density at radius 2 is 1.90 bits per heavy atom. The van der Waals surface area contributed by atoms with Crippen molar-refractivity contribution in [3.63, 3.8) is 0 Å². The first-order chi connectivity index (χ1) is 9.79. The van der Waals surface area contributed by atoms with E-state index >= 15 is 0 Å². The van der Waals surface area contributed by atoms with Gasteiger partial charge in [0, 0.05) is 38.0 Å². The largest absolute Gasteiger partial charge is 0.471 e. The lowest BCUT2D eigenvalue weighted by Gasteiger charge is -2.44. The zero-order chi connectivity index (χ0) is 15.3. The number of likely N-dealkylation sites (tertiary alicyclic amines) is 1. The number of nitrogens with one attached hydrogen (secondary N) is 1. The standard InChI is InChI=1S/C17H25IN2O/c1-16(2,3)13-9-12-11-19-17(5-7-20(4)8-6-17)21-15(12)14(18)10-13/h9-10,19H,5-8,11H2,1-4H3. The van der Waals surface area contributed by atoms with Gasteiger partial charge in [0.1, 0.15) is 5.75 Å². The van der Waals surface area contributed by atoms with E-state index in [4.69, 9.17) is 4.74 Å². The molecule has 2 heterocycles. The summed E-state index contributed by atoms with van der Waals surface area (Å²) >= 11 is 2.43. The first-order valence-electron chi connectivity index (χ1n) is 7.75. The van der Waals surface area contributed by atoms with Gasteiger partial charge in [-0.25, -0.2) is 0 Å². The highest BCUT2D eigenvalue weighted by Gasteiger charge is 2.39. The molecule has 116 valence electrons. The van der Waals surface area contributed by atoms with Gasteiger partial charge in [0.2, 0.25) is 0 Å². The van der Waals surface area contributed by atoms with Crippen LogP contribution in [-0.2, 0) is 12.0 Å². The maximum atomic E-state index is 6.46. The van der Waals surface area contributed by atoms with Gasteiger partial charge in [0.15, 0.2) is 5.72 Å². The third kappa shape index (κ3) is 3.08. The lowest BCUT2D eigenvalue weighted by Crippen LogP contribution is -2.58. The van der Waals surface area contributed by atoms with Gasteiger partial charge in [0.25, 0.3) is 0 Å². The Kier molecular flexibility index (Phi) is 3.99. The van der Waals surface area contributed by atoms with Gasteiger partial charge in [0.05, 0.1) is 3.57 Å². The molecule has 1 aromatic rings. The van der Waals surface area contributed by atoms with E-state index in [1.165, 1.54) is 14.7 Å². The molecular weight excluding hydrogens is 375 g/mol. The molecular formula is C17H25IN2O. The maximum absolute atomic E-state index is 6.46. The van der Waals surface area contributed by atoms with Crippen LogP contribution in [-0.4, -0.2) is 30.8 Å². The fourth-order valence-electron chi connectivity index (χ4n) is 3.08. The first-order valence-corrected chi connectivity index (χ1v) is 8.82. The van der Waals surface area contributed by atoms with Crippen LogP contribution in [0.15, 0.2) is 12.1 Å². The Balaban J connectivity index is 1.90. The smallest absolute Gasteiger partial charge is 0.163 e. The van der Waals surface area contributed by atoms with Crippen molar-refractivity contribution in [3.05, 3.63) is 26.8 Å². The minimum absolute atomic E-state index is 0.150. The second-order valence-electron chi connectivity index (χ2n) is 7.45. The van der Waals surface area contributed by atoms with Crippen LogP contribution < -0.4 is 10.1 Å². The molecule has 0 atom stereocenters. The topological polar surface area (TPSA) is 24.5 Å². The predicted octanol–water partition coefficient (Wildman–Crippen LogP) is 3.49. The van der Waals surface area contributed by atoms with Gasteiger partial charge in [-0.3, -0.25) is 5.32 Å². The molecule has 0 bridgehead atoms. The maximum Gasteiger partial charge on any atom is 0.163 e. The average molecular weight is 400 g/mol. The zero-order valence-corrected chi connectivity index (χ0v) is 15.6. The number of fused-ring (bicyclic) bond motifs is 1. The van der Waals surface area contributed by atoms with Crippen LogP contribution in [0.1, 0.15) is 44.7 Å². The van der Waals surface area contributed by atoms with Gasteiger partial charge in [-0.2, -0.15) is 0 Å². The van der Waals surface area contributed by atoms with Crippen molar-refractivity contribution in [2.24, 2.45) is 0 Å². The Morgan fingerprint density at radius 3 is 2.52 bits per heavy atom. The van der Waals surface area contributed by atoms with Crippen LogP contribution in [0.25, 0.3) is 0 Å². The van der Waals surface area contributed by atoms with Crippen LogP contribution in [0.5, 0.6) is 5.75 Å². The van der Waals surface area contributed by atoms with E-state index in [1.807, 2.05) is 0 Å². The summed E-state index contributed by atoms with van der Waals surface area (Å²) in [5.74, 6) is 1.10. The third-order valence-corrected chi connectivity index (χ3v) is 5.48. The Bertz CT molecular complexity index is 542. The Morgan fingerprint density at radius 1 is 1.24 bits per heavy atom. The molecule has 0 amide bonds. The van der Waals surface area contributed by atoms with Crippen molar-refractivity contribution in [3.8, 4) is 5.75 Å². The number of hydrogen-bond donors (Lipinski definition) is 1. The molecule has 4 heteroatoms. The van der Waals surface area contributed by atoms with Crippen molar-refractivity contribution in [1.82, 2.24) is 10.2 Å². The fraction of sp³-hybridized carbons (Fsp3) is 0.647. The van der Waals surface area contributed by atoms with Crippen molar-refractivity contribution in [1.29, 1.82) is 0 Å². The highest BCUT2D eigenvalue weighted by atomic mass is 127. The fourth-order valence-corrected chi connectivity index (χ4v) is 3.87. The minimum atomic E-state index is -0.150. The molecule has 3 rings (SSSR count). The predicted molar refractivity (Wildman–Crippen MR) is 94.8 cm³/mol. The average Bonchev–Trinajstić information content (AvgIpc) is 2.42. The first kappa shape index (κ1) is 15.6. The molecule has 0 aromatic heterocycles. The van der Waals surface area contributed by atoms with E-state index in [0.29, 0.717) is 0 Å². The van der Waals surface area contributed by atoms with Gasteiger partial charge in [-0.05, 0) is 46.7 Å². The number of nitrogens with zero attached hydrogens (tertiary/aromatic N) is 1. The van der Waals surface area contributed by atoms with Crippen molar-refractivity contribution >= 4 is 22.6 Å². The lowest BCUT2D eigenvalue weighted by molar-refractivity contribution is -0.0344. The van der Waals surface area contributed by atoms with E-state index in [1.54, 1.807) is 0 Å². The molecule has 1 fully saturated rings. The number of piperidine rings is 1. The summed E-state index contributed by atoms with van der Waals surface area (Å²) in [5.41, 5.74) is 2.71. The van der Waals surface area contributed by atoms with E-state index < -0.39 is 0 Å². The molecule has 1 N–H and O–H groups in total. The number of rotatable bonds is 0. The highest BCUT2D eigenvalue weighted by Crippen LogP contribution is 2.39. The van der Waals surface area contributed by atoms with Crippen molar-refractivity contribution in [2.45, 2.75) is 51.3 Å². The monoisotopic (exact) mass is 400 g/mol. The van der Waals surface area contributed by atoms with Crippen LogP contribution in [0, 0.1) is 3.57 Å². The molecule has 0 unspecified atom stereocenters. The van der Waals surface area contributed by atoms with E-state index in [9.17, 15) is 0 Å². The summed E-state index contributed by atoms with van der Waals surface area (Å²) in [5, 5.41) is 3.66. The van der Waals surface area contributed by atoms with Crippen molar-refractivity contribution < 1.29 is 4.74 Å². The minimum Gasteiger partial charge on any atom is -0.471 e. The summed E-state index contributed by atoms with van der Waals surface area (Å²) < 4.78 is 7.71.